The first kappa shape index (κ1) is 17.3. The van der Waals surface area contributed by atoms with Crippen molar-refractivity contribution in [2.45, 2.75) is 37.8 Å². The Morgan fingerprint density at radius 2 is 1.96 bits per heavy atom. The minimum absolute atomic E-state index is 0.0164. The van der Waals surface area contributed by atoms with Crippen molar-refractivity contribution in [2.75, 3.05) is 13.1 Å². The number of likely N-dealkylation sites (tertiary alicyclic amines) is 1. The standard InChI is InChI=1S/C19H22FN3O2S/c20-14-3-5-15(6-4-14)25-16-7-10-23(11-8-16)19(24)22-17(13-1-2-13)18-21-9-12-26-18/h3-6,9,12-13,16-17H,1-2,7-8,10-11H2,(H,22,24). The Bertz CT molecular complexity index is 726. The Hall–Kier alpha value is -2.15. The maximum Gasteiger partial charge on any atom is 0.317 e. The normalized spacial score (nSPS) is 19.2. The van der Waals surface area contributed by atoms with Crippen molar-refractivity contribution >= 4 is 17.4 Å². The molecule has 4 rings (SSSR count). The first-order chi connectivity index (χ1) is 12.7. The van der Waals surface area contributed by atoms with Crippen molar-refractivity contribution < 1.29 is 13.9 Å². The van der Waals surface area contributed by atoms with Crippen LogP contribution in [0.2, 0.25) is 0 Å². The Kier molecular flexibility index (Phi) is 5.06. The largest absolute Gasteiger partial charge is 0.490 e. The van der Waals surface area contributed by atoms with Gasteiger partial charge in [0, 0.05) is 37.5 Å². The number of hydrogen-bond donors (Lipinski definition) is 1. The van der Waals surface area contributed by atoms with E-state index >= 15 is 0 Å². The van der Waals surface area contributed by atoms with Gasteiger partial charge in [-0.1, -0.05) is 0 Å². The first-order valence-electron chi connectivity index (χ1n) is 9.06. The number of nitrogens with one attached hydrogen (secondary N) is 1. The van der Waals surface area contributed by atoms with E-state index in [9.17, 15) is 9.18 Å². The van der Waals surface area contributed by atoms with Crippen LogP contribution in [0.15, 0.2) is 35.8 Å². The van der Waals surface area contributed by atoms with E-state index in [0.717, 1.165) is 30.7 Å². The molecule has 1 aliphatic heterocycles. The summed E-state index contributed by atoms with van der Waals surface area (Å²) < 4.78 is 18.9. The zero-order chi connectivity index (χ0) is 17.9. The quantitative estimate of drug-likeness (QED) is 0.860. The molecule has 1 atom stereocenters. The molecule has 1 saturated heterocycles. The number of carbonyl (C=O) groups is 1. The second kappa shape index (κ2) is 7.61. The van der Waals surface area contributed by atoms with Gasteiger partial charge >= 0.3 is 6.03 Å². The van der Waals surface area contributed by atoms with Gasteiger partial charge in [0.15, 0.2) is 0 Å². The van der Waals surface area contributed by atoms with E-state index in [1.54, 1.807) is 29.7 Å². The number of ether oxygens (including phenoxy) is 1. The lowest BCUT2D eigenvalue weighted by Crippen LogP contribution is -2.47. The number of aromatic nitrogens is 1. The molecule has 2 aromatic rings. The van der Waals surface area contributed by atoms with Crippen LogP contribution in [-0.4, -0.2) is 35.1 Å². The van der Waals surface area contributed by atoms with Crippen molar-refractivity contribution in [1.82, 2.24) is 15.2 Å². The summed E-state index contributed by atoms with van der Waals surface area (Å²) >= 11 is 1.60. The number of carbonyl (C=O) groups excluding carboxylic acids is 1. The highest BCUT2D eigenvalue weighted by Crippen LogP contribution is 2.41. The second-order valence-corrected chi connectivity index (χ2v) is 7.82. The summed E-state index contributed by atoms with van der Waals surface area (Å²) in [7, 11) is 0. The third-order valence-electron chi connectivity index (χ3n) is 4.94. The molecule has 2 fully saturated rings. The molecule has 5 nitrogen and oxygen atoms in total. The zero-order valence-corrected chi connectivity index (χ0v) is 15.3. The van der Waals surface area contributed by atoms with E-state index in [2.05, 4.69) is 10.3 Å². The summed E-state index contributed by atoms with van der Waals surface area (Å²) in [6, 6.07) is 6.10. The molecule has 138 valence electrons. The van der Waals surface area contributed by atoms with Crippen molar-refractivity contribution in [3.8, 4) is 5.75 Å². The average Bonchev–Trinajstić information content (AvgIpc) is 3.35. The molecule has 1 aromatic heterocycles. The predicted octanol–water partition coefficient (Wildman–Crippen LogP) is 3.99. The number of piperidine rings is 1. The fraction of sp³-hybridized carbons (Fsp3) is 0.474. The van der Waals surface area contributed by atoms with Gasteiger partial charge in [0.05, 0.1) is 6.04 Å². The summed E-state index contributed by atoms with van der Waals surface area (Å²) in [6.07, 6.45) is 5.70. The molecule has 1 aromatic carbocycles. The predicted molar refractivity (Wildman–Crippen MR) is 97.7 cm³/mol. The number of nitrogens with zero attached hydrogens (tertiary/aromatic N) is 2. The lowest BCUT2D eigenvalue weighted by molar-refractivity contribution is 0.109. The SMILES string of the molecule is O=C(NC(c1nccs1)C1CC1)N1CCC(Oc2ccc(F)cc2)CC1. The second-order valence-electron chi connectivity index (χ2n) is 6.89. The zero-order valence-electron chi connectivity index (χ0n) is 14.4. The van der Waals surface area contributed by atoms with Crippen molar-refractivity contribution in [3.05, 3.63) is 46.7 Å². The molecule has 0 spiro atoms. The molecular weight excluding hydrogens is 353 g/mol. The molecule has 0 bridgehead atoms. The maximum atomic E-state index is 13.0. The van der Waals surface area contributed by atoms with Crippen molar-refractivity contribution in [2.24, 2.45) is 5.92 Å². The highest BCUT2D eigenvalue weighted by atomic mass is 32.1. The molecule has 1 saturated carbocycles. The number of benzene rings is 1. The number of halogens is 1. The lowest BCUT2D eigenvalue weighted by Gasteiger charge is -2.33. The Morgan fingerprint density at radius 3 is 2.58 bits per heavy atom. The van der Waals surface area contributed by atoms with Gasteiger partial charge in [-0.25, -0.2) is 14.2 Å². The number of urea groups is 1. The molecule has 7 heteroatoms. The fourth-order valence-corrected chi connectivity index (χ4v) is 4.09. The molecular formula is C19H22FN3O2S. The highest BCUT2D eigenvalue weighted by molar-refractivity contribution is 7.09. The molecule has 1 N–H and O–H groups in total. The Labute approximate surface area is 156 Å². The van der Waals surface area contributed by atoms with Crippen molar-refractivity contribution in [1.29, 1.82) is 0 Å². The number of rotatable bonds is 5. The number of amides is 2. The third-order valence-corrected chi connectivity index (χ3v) is 5.79. The molecule has 2 amide bonds. The van der Waals surface area contributed by atoms with E-state index in [1.807, 2.05) is 10.3 Å². The van der Waals surface area contributed by atoms with E-state index in [4.69, 9.17) is 4.74 Å². The van der Waals surface area contributed by atoms with Gasteiger partial charge in [0.1, 0.15) is 22.7 Å². The summed E-state index contributed by atoms with van der Waals surface area (Å²) in [5.74, 6) is 0.922. The van der Waals surface area contributed by atoms with Gasteiger partial charge in [-0.15, -0.1) is 11.3 Å². The van der Waals surface area contributed by atoms with Gasteiger partial charge in [-0.3, -0.25) is 0 Å². The summed E-state index contributed by atoms with van der Waals surface area (Å²) in [6.45, 7) is 1.32. The van der Waals surface area contributed by atoms with Gasteiger partial charge in [-0.2, -0.15) is 0 Å². The van der Waals surface area contributed by atoms with Crippen LogP contribution >= 0.6 is 11.3 Å². The maximum absolute atomic E-state index is 13.0. The Balaban J connectivity index is 1.28. The first-order valence-corrected chi connectivity index (χ1v) is 9.94. The Morgan fingerprint density at radius 1 is 1.23 bits per heavy atom. The highest BCUT2D eigenvalue weighted by Gasteiger charge is 2.36. The molecule has 2 aliphatic rings. The van der Waals surface area contributed by atoms with E-state index in [-0.39, 0.29) is 24.0 Å². The fourth-order valence-electron chi connectivity index (χ4n) is 3.31. The van der Waals surface area contributed by atoms with Crippen LogP contribution in [0.3, 0.4) is 0 Å². The third kappa shape index (κ3) is 4.15. The summed E-state index contributed by atoms with van der Waals surface area (Å²) in [5.41, 5.74) is 0. The van der Waals surface area contributed by atoms with Crippen LogP contribution < -0.4 is 10.1 Å². The van der Waals surface area contributed by atoms with Gasteiger partial charge < -0.3 is 15.0 Å². The van der Waals surface area contributed by atoms with Crippen LogP contribution in [-0.2, 0) is 0 Å². The van der Waals surface area contributed by atoms with Crippen LogP contribution in [0, 0.1) is 11.7 Å². The minimum atomic E-state index is -0.269. The van der Waals surface area contributed by atoms with Crippen LogP contribution in [0.5, 0.6) is 5.75 Å². The monoisotopic (exact) mass is 375 g/mol. The van der Waals surface area contributed by atoms with E-state index in [1.165, 1.54) is 12.1 Å². The van der Waals surface area contributed by atoms with Crippen molar-refractivity contribution in [3.63, 3.8) is 0 Å². The topological polar surface area (TPSA) is 54.5 Å². The van der Waals surface area contributed by atoms with Crippen LogP contribution in [0.4, 0.5) is 9.18 Å². The number of thiazole rings is 1. The van der Waals surface area contributed by atoms with Crippen LogP contribution in [0.1, 0.15) is 36.7 Å². The summed E-state index contributed by atoms with van der Waals surface area (Å²) in [5, 5.41) is 6.12. The molecule has 0 radical (unpaired) electrons. The van der Waals surface area contributed by atoms with Gasteiger partial charge in [0.25, 0.3) is 0 Å². The minimum Gasteiger partial charge on any atom is -0.490 e. The molecule has 2 heterocycles. The van der Waals surface area contributed by atoms with Crippen LogP contribution in [0.25, 0.3) is 0 Å². The molecule has 1 aliphatic carbocycles. The van der Waals surface area contributed by atoms with Gasteiger partial charge in [-0.05, 0) is 43.0 Å². The number of hydrogen-bond acceptors (Lipinski definition) is 4. The van der Waals surface area contributed by atoms with E-state index < -0.39 is 0 Å². The lowest BCUT2D eigenvalue weighted by atomic mass is 10.1. The van der Waals surface area contributed by atoms with E-state index in [0.29, 0.717) is 24.8 Å². The summed E-state index contributed by atoms with van der Waals surface area (Å²) in [4.78, 5) is 18.9. The molecule has 26 heavy (non-hydrogen) atoms. The molecule has 1 unspecified atom stereocenters. The van der Waals surface area contributed by atoms with Gasteiger partial charge in [0.2, 0.25) is 0 Å². The smallest absolute Gasteiger partial charge is 0.317 e. The average molecular weight is 375 g/mol.